The maximum absolute atomic E-state index is 13.8. The summed E-state index contributed by atoms with van der Waals surface area (Å²) in [6.07, 6.45) is 3.78. The van der Waals surface area contributed by atoms with Gasteiger partial charge in [-0.15, -0.1) is 0 Å². The van der Waals surface area contributed by atoms with Crippen molar-refractivity contribution in [2.75, 3.05) is 9.80 Å². The lowest BCUT2D eigenvalue weighted by Gasteiger charge is -2.19. The van der Waals surface area contributed by atoms with E-state index in [0.29, 0.717) is 49.9 Å². The van der Waals surface area contributed by atoms with Gasteiger partial charge in [-0.2, -0.15) is 10.5 Å². The Bertz CT molecular complexity index is 3310. The second-order valence-electron chi connectivity index (χ2n) is 19.5. The predicted molar refractivity (Wildman–Crippen MR) is 267 cm³/mol. The smallest absolute Gasteiger partial charge is 0.264 e. The zero-order valence-electron chi connectivity index (χ0n) is 38.7. The molecule has 6 aliphatic rings. The van der Waals surface area contributed by atoms with Crippen LogP contribution in [0.1, 0.15) is 116 Å². The average Bonchev–Trinajstić information content (AvgIpc) is 4.19. The highest BCUT2D eigenvalue weighted by Crippen LogP contribution is 2.67. The molecule has 12 rings (SSSR count). The summed E-state index contributed by atoms with van der Waals surface area (Å²) in [4.78, 5) is 56.0. The third kappa shape index (κ3) is 8.20. The van der Waals surface area contributed by atoms with Crippen molar-refractivity contribution in [1.29, 1.82) is 10.5 Å². The van der Waals surface area contributed by atoms with Crippen molar-refractivity contribution in [3.8, 4) is 12.1 Å². The van der Waals surface area contributed by atoms with E-state index in [1.165, 1.54) is 0 Å². The third-order valence-electron chi connectivity index (χ3n) is 14.9. The molecule has 72 heavy (non-hydrogen) atoms. The van der Waals surface area contributed by atoms with Gasteiger partial charge in [0.2, 0.25) is 31.9 Å². The minimum Gasteiger partial charge on any atom is -0.307 e. The largest absolute Gasteiger partial charge is 0.307 e. The lowest BCUT2D eigenvalue weighted by molar-refractivity contribution is -0.121. The van der Waals surface area contributed by atoms with E-state index in [-0.39, 0.29) is 34.8 Å². The molecule has 4 aliphatic carbocycles. The van der Waals surface area contributed by atoms with Gasteiger partial charge in [0, 0.05) is 34.3 Å². The highest BCUT2D eigenvalue weighted by molar-refractivity contribution is 7.91. The summed E-state index contributed by atoms with van der Waals surface area (Å²) in [5.41, 5.74) is 8.11. The lowest BCUT2D eigenvalue weighted by atomic mass is 9.92. The van der Waals surface area contributed by atoms with Crippen LogP contribution in [0, 0.1) is 22.7 Å². The molecule has 0 unspecified atom stereocenters. The molecule has 4 fully saturated rings. The number of nitrogens with one attached hydrogen (secondary N) is 2. The van der Waals surface area contributed by atoms with Crippen LogP contribution in [0.4, 0.5) is 11.4 Å². The molecule has 0 bridgehead atoms. The Hall–Kier alpha value is -7.92. The number of para-hydroxylation sites is 2. The highest BCUT2D eigenvalue weighted by atomic mass is 32.2. The molecule has 16 heteroatoms. The van der Waals surface area contributed by atoms with Crippen LogP contribution in [0.15, 0.2) is 146 Å². The van der Waals surface area contributed by atoms with Crippen LogP contribution in [0.5, 0.6) is 0 Å². The maximum Gasteiger partial charge on any atom is 0.264 e. The maximum atomic E-state index is 13.8. The summed E-state index contributed by atoms with van der Waals surface area (Å²) in [7, 11) is -7.22. The van der Waals surface area contributed by atoms with Crippen LogP contribution < -0.4 is 19.2 Å². The van der Waals surface area contributed by atoms with E-state index in [4.69, 9.17) is 10.5 Å². The third-order valence-corrected chi connectivity index (χ3v) is 18.6. The number of carbonyl (C=O) groups is 4. The fourth-order valence-electron chi connectivity index (χ4n) is 10.6. The van der Waals surface area contributed by atoms with Crippen LogP contribution in [0.2, 0.25) is 0 Å². The van der Waals surface area contributed by atoms with Crippen LogP contribution in [0.3, 0.4) is 0 Å². The number of carbonyl (C=O) groups excluding carboxylic acids is 4. The molecule has 4 amide bonds. The van der Waals surface area contributed by atoms with Crippen LogP contribution in [-0.4, -0.2) is 51.0 Å². The molecule has 0 radical (unpaired) electrons. The van der Waals surface area contributed by atoms with Crippen molar-refractivity contribution in [2.24, 2.45) is 0 Å². The number of fused-ring (bicyclic) bond motifs is 4. The van der Waals surface area contributed by atoms with Crippen LogP contribution >= 0.6 is 0 Å². The Morgan fingerprint density at radius 1 is 0.514 bits per heavy atom. The van der Waals surface area contributed by atoms with Gasteiger partial charge in [0.15, 0.2) is 0 Å². The zero-order valence-corrected chi connectivity index (χ0v) is 40.3. The second kappa shape index (κ2) is 17.4. The standard InChI is InChI=1S/2C28H23N3O4S/c2*29-16-18-5-9-20(10-6-18)24-15-28(24)23-3-1-2-4-25(23)31(27(28)33)17-19-7-11-21(12-8-19)26(32)30-36(34,35)22-13-14-22/h2*1-12,22,24H,13-15,17H2,(H,30,32)/t2*24-,28-/m10/s1. The SMILES string of the molecule is N#Cc1ccc([C@@H]2C[C@@]23C(=O)N(Cc2ccc(C(=O)NS(=O)(=O)C4CC4)cc2)c2ccccc23)cc1.N#Cc1ccc([C@H]2C[C@]23C(=O)N(Cc2ccc(C(=O)NS(=O)(=O)C4CC4)cc2)c2ccccc23)cc1. The zero-order chi connectivity index (χ0) is 50.2. The van der Waals surface area contributed by atoms with E-state index in [9.17, 15) is 36.0 Å². The Kier molecular flexibility index (Phi) is 11.3. The van der Waals surface area contributed by atoms with E-state index < -0.39 is 53.2 Å². The van der Waals surface area contributed by atoms with E-state index in [1.54, 1.807) is 82.6 Å². The van der Waals surface area contributed by atoms with E-state index in [0.717, 1.165) is 57.6 Å². The monoisotopic (exact) mass is 994 g/mol. The Morgan fingerprint density at radius 2 is 0.861 bits per heavy atom. The van der Waals surface area contributed by atoms with Crippen LogP contribution in [-0.2, 0) is 53.6 Å². The number of hydrogen-bond acceptors (Lipinski definition) is 10. The highest BCUT2D eigenvalue weighted by Gasteiger charge is 2.68. The van der Waals surface area contributed by atoms with Crippen molar-refractivity contribution < 1.29 is 36.0 Å². The quantitative estimate of drug-likeness (QED) is 0.123. The molecule has 360 valence electrons. The summed E-state index contributed by atoms with van der Waals surface area (Å²) in [5, 5.41) is 17.3. The number of hydrogen-bond donors (Lipinski definition) is 2. The number of rotatable bonds is 12. The lowest BCUT2D eigenvalue weighted by Crippen LogP contribution is -2.33. The van der Waals surface area contributed by atoms with Gasteiger partial charge in [0.05, 0.1) is 57.7 Å². The number of nitriles is 2. The molecule has 2 spiro atoms. The van der Waals surface area contributed by atoms with Crippen molar-refractivity contribution in [2.45, 2.75) is 84.8 Å². The Balaban J connectivity index is 0.000000156. The molecule has 6 aromatic rings. The fraction of sp³-hybridized carbons (Fsp3) is 0.250. The van der Waals surface area contributed by atoms with Gasteiger partial charge in [-0.05, 0) is 133 Å². The van der Waals surface area contributed by atoms with E-state index in [2.05, 4.69) is 21.6 Å². The summed E-state index contributed by atoms with van der Waals surface area (Å²) < 4.78 is 52.5. The molecule has 2 N–H and O–H groups in total. The summed E-state index contributed by atoms with van der Waals surface area (Å²) >= 11 is 0. The summed E-state index contributed by atoms with van der Waals surface area (Å²) in [5.74, 6) is -1.06. The van der Waals surface area contributed by atoms with Crippen molar-refractivity contribution in [3.63, 3.8) is 0 Å². The van der Waals surface area contributed by atoms with Gasteiger partial charge >= 0.3 is 0 Å². The number of sulfonamides is 2. The first-order valence-electron chi connectivity index (χ1n) is 23.8. The van der Waals surface area contributed by atoms with Crippen LogP contribution in [0.25, 0.3) is 0 Å². The van der Waals surface area contributed by atoms with E-state index >= 15 is 0 Å². The second-order valence-corrected chi connectivity index (χ2v) is 23.4. The molecule has 0 saturated heterocycles. The van der Waals surface area contributed by atoms with Gasteiger partial charge < -0.3 is 9.80 Å². The van der Waals surface area contributed by atoms with Gasteiger partial charge in [0.25, 0.3) is 11.8 Å². The van der Waals surface area contributed by atoms with Gasteiger partial charge in [0.1, 0.15) is 0 Å². The minimum absolute atomic E-state index is 0.0513. The fourth-order valence-corrected chi connectivity index (χ4v) is 13.2. The van der Waals surface area contributed by atoms with Gasteiger partial charge in [-0.3, -0.25) is 19.2 Å². The molecule has 0 aromatic heterocycles. The number of nitrogens with zero attached hydrogens (tertiary/aromatic N) is 4. The minimum atomic E-state index is -3.61. The van der Waals surface area contributed by atoms with Gasteiger partial charge in [-0.1, -0.05) is 84.9 Å². The molecule has 6 aromatic carbocycles. The number of amides is 4. The first-order valence-corrected chi connectivity index (χ1v) is 26.9. The molecule has 4 atom stereocenters. The van der Waals surface area contributed by atoms with Crippen molar-refractivity contribution in [1.82, 2.24) is 9.44 Å². The van der Waals surface area contributed by atoms with E-state index in [1.807, 2.05) is 72.8 Å². The molecular weight excluding hydrogens is 949 g/mol. The summed E-state index contributed by atoms with van der Waals surface area (Å²) in [6, 6.07) is 48.2. The molecule has 4 saturated carbocycles. The molecule has 2 heterocycles. The summed E-state index contributed by atoms with van der Waals surface area (Å²) in [6.45, 7) is 0.694. The Labute approximate surface area is 417 Å². The average molecular weight is 995 g/mol. The van der Waals surface area contributed by atoms with Crippen molar-refractivity contribution >= 4 is 55.1 Å². The van der Waals surface area contributed by atoms with Crippen molar-refractivity contribution in [3.05, 3.63) is 201 Å². The normalized spacial score (nSPS) is 22.2. The topological polar surface area (TPSA) is 215 Å². The first kappa shape index (κ1) is 46.5. The predicted octanol–water partition coefficient (Wildman–Crippen LogP) is 7.50. The number of benzene rings is 6. The number of anilines is 2. The Morgan fingerprint density at radius 3 is 1.19 bits per heavy atom. The molecule has 14 nitrogen and oxygen atoms in total. The molecule has 2 aliphatic heterocycles. The van der Waals surface area contributed by atoms with Gasteiger partial charge in [-0.25, -0.2) is 26.3 Å². The first-order chi connectivity index (χ1) is 34.7. The molecular formula is C56H46N6O8S2.